The molecule has 11 nitrogen and oxygen atoms in total. The quantitative estimate of drug-likeness (QED) is 0.197. The molecule has 1 aliphatic rings. The average molecular weight is 787 g/mol. The molecule has 0 aliphatic heterocycles. The fourth-order valence-corrected chi connectivity index (χ4v) is 3.89. The molecule has 280 valence electrons. The van der Waals surface area contributed by atoms with Gasteiger partial charge in [0.05, 0.1) is 0 Å². The van der Waals surface area contributed by atoms with Crippen molar-refractivity contribution in [1.29, 1.82) is 10.5 Å². The highest BCUT2D eigenvalue weighted by Gasteiger charge is 2.48. The van der Waals surface area contributed by atoms with Crippen molar-refractivity contribution in [2.45, 2.75) is 44.0 Å². The van der Waals surface area contributed by atoms with Crippen LogP contribution in [0.3, 0.4) is 0 Å². The predicted molar refractivity (Wildman–Crippen MR) is 127 cm³/mol. The van der Waals surface area contributed by atoms with Gasteiger partial charge in [-0.1, -0.05) is 0 Å². The lowest BCUT2D eigenvalue weighted by Crippen LogP contribution is -2.21. The van der Waals surface area contributed by atoms with E-state index in [-0.39, 0.29) is 0 Å². The van der Waals surface area contributed by atoms with Crippen LogP contribution in [-0.2, 0) is 37.1 Å². The van der Waals surface area contributed by atoms with Crippen molar-refractivity contribution in [3.8, 4) is 12.1 Å². The number of nitrogens with zero attached hydrogens (tertiary/aromatic N) is 11. The van der Waals surface area contributed by atoms with E-state index in [2.05, 4.69) is 44.9 Å². The summed E-state index contributed by atoms with van der Waals surface area (Å²) in [6.45, 7) is 0.466. The van der Waals surface area contributed by atoms with Crippen LogP contribution in [0.5, 0.6) is 0 Å². The molecule has 29 heteroatoms. The summed E-state index contributed by atoms with van der Waals surface area (Å²) >= 11 is 0. The fourth-order valence-electron chi connectivity index (χ4n) is 3.89. The van der Waals surface area contributed by atoms with Gasteiger partial charge in [0.25, 0.3) is 0 Å². The molecular weight excluding hydrogens is 784 g/mol. The molecule has 0 unspecified atom stereocenters. The van der Waals surface area contributed by atoms with Gasteiger partial charge in [-0.2, -0.15) is 89.6 Å². The van der Waals surface area contributed by atoms with Gasteiger partial charge in [-0.15, -0.1) is 0 Å². The zero-order chi connectivity index (χ0) is 40.4. The molecule has 0 atom stereocenters. The van der Waals surface area contributed by atoms with E-state index in [1.54, 1.807) is 0 Å². The summed E-state index contributed by atoms with van der Waals surface area (Å²) in [5.74, 6) is -21.3. The predicted octanol–water partition coefficient (Wildman–Crippen LogP) is 7.10. The van der Waals surface area contributed by atoms with E-state index in [9.17, 15) is 89.6 Å². The summed E-state index contributed by atoms with van der Waals surface area (Å²) in [4.78, 5) is 22.7. The minimum Gasteiger partial charge on any atom is -0.204 e. The van der Waals surface area contributed by atoms with Gasteiger partial charge >= 0.3 is 37.1 Å². The Morgan fingerprint density at radius 2 is 0.566 bits per heavy atom. The second kappa shape index (κ2) is 12.6. The van der Waals surface area contributed by atoms with Gasteiger partial charge in [0.1, 0.15) is 23.3 Å². The third-order valence-electron chi connectivity index (χ3n) is 6.00. The number of halogens is 18. The number of hydrogen-bond donors (Lipinski definition) is 0. The molecule has 0 spiro atoms. The van der Waals surface area contributed by atoms with Crippen LogP contribution in [0.1, 0.15) is 59.3 Å². The Morgan fingerprint density at radius 1 is 0.358 bits per heavy atom. The first-order valence-electron chi connectivity index (χ1n) is 12.6. The topological polar surface area (TPSA) is 164 Å². The third-order valence-corrected chi connectivity index (χ3v) is 6.00. The Balaban J connectivity index is 2.26. The van der Waals surface area contributed by atoms with Gasteiger partial charge < -0.3 is 0 Å². The Kier molecular flexibility index (Phi) is 9.43. The first-order chi connectivity index (χ1) is 23.9. The third kappa shape index (κ3) is 8.22. The van der Waals surface area contributed by atoms with Gasteiger partial charge in [0.15, 0.2) is 17.5 Å². The summed E-state index contributed by atoms with van der Waals surface area (Å²) in [6, 6.07) is 1.93. The molecular formula is C24H3F18N11. The van der Waals surface area contributed by atoms with Gasteiger partial charge in [0.2, 0.25) is 34.9 Å². The van der Waals surface area contributed by atoms with Gasteiger partial charge in [-0.3, -0.25) is 0 Å². The average Bonchev–Trinajstić information content (AvgIpc) is 3.72. The van der Waals surface area contributed by atoms with Crippen molar-refractivity contribution in [2.75, 3.05) is 0 Å². The minimum atomic E-state index is -5.85. The van der Waals surface area contributed by atoms with Crippen LogP contribution in [0, 0.1) is 22.7 Å². The van der Waals surface area contributed by atoms with Crippen molar-refractivity contribution in [3.63, 3.8) is 0 Å². The first kappa shape index (κ1) is 39.8. The largest absolute Gasteiger partial charge is 0.451 e. The Labute approximate surface area is 277 Å². The molecule has 1 fully saturated rings. The Bertz CT molecular complexity index is 1980. The highest BCUT2D eigenvalue weighted by molar-refractivity contribution is 6.08. The molecule has 53 heavy (non-hydrogen) atoms. The number of hydrogen-bond acceptors (Lipinski definition) is 11. The second-order valence-corrected chi connectivity index (χ2v) is 9.63. The number of alkyl halides is 18. The lowest BCUT2D eigenvalue weighted by atomic mass is 10.2. The SMILES string of the molecule is C/C(=C1/C(=C(C#N)c2nc(C(F)(F)F)nc(C(F)(F)F)n2)/C1=C(\C#N)c1nc(C(F)(F)F)nc(C(F)(F)F)n1)c1nc(C(F)(F)F)nc(C(F)(F)F)n1. The van der Waals surface area contributed by atoms with Gasteiger partial charge in [-0.05, 0) is 12.5 Å². The summed E-state index contributed by atoms with van der Waals surface area (Å²) in [5.41, 5.74) is -8.37. The first-order valence-corrected chi connectivity index (χ1v) is 12.6. The normalized spacial score (nSPS) is 17.2. The van der Waals surface area contributed by atoms with Crippen LogP contribution >= 0.6 is 0 Å². The molecule has 4 rings (SSSR count). The van der Waals surface area contributed by atoms with Crippen LogP contribution in [0.2, 0.25) is 0 Å². The Hall–Kier alpha value is -6.03. The minimum absolute atomic E-state index is 0.466. The van der Waals surface area contributed by atoms with Crippen molar-refractivity contribution < 1.29 is 79.0 Å². The summed E-state index contributed by atoms with van der Waals surface area (Å²) in [5, 5.41) is 19.6. The fraction of sp³-hybridized carbons (Fsp3) is 0.292. The van der Waals surface area contributed by atoms with Crippen LogP contribution in [0.25, 0.3) is 16.7 Å². The number of aromatic nitrogens is 9. The van der Waals surface area contributed by atoms with Crippen LogP contribution in [0.4, 0.5) is 79.0 Å². The molecule has 0 N–H and O–H groups in total. The lowest BCUT2D eigenvalue weighted by molar-refractivity contribution is -0.156. The van der Waals surface area contributed by atoms with Gasteiger partial charge in [0, 0.05) is 16.7 Å². The van der Waals surface area contributed by atoms with E-state index in [4.69, 9.17) is 0 Å². The molecule has 0 aromatic carbocycles. The van der Waals surface area contributed by atoms with Crippen molar-refractivity contribution in [3.05, 3.63) is 69.1 Å². The highest BCUT2D eigenvalue weighted by Crippen LogP contribution is 2.55. The number of rotatable bonds is 3. The van der Waals surface area contributed by atoms with Crippen LogP contribution in [-0.4, -0.2) is 44.9 Å². The molecule has 3 aromatic rings. The Morgan fingerprint density at radius 3 is 0.755 bits per heavy atom. The zero-order valence-corrected chi connectivity index (χ0v) is 24.2. The standard InChI is InChI=1S/C24H3F18N11/c1-4(10-45-13(19(25,26)27)51-14(46-10)20(28,29)30)7-8(5(2-43)11-47-15(21(31,32)33)52-16(48-11)22(34,35)36)9(7)6(3-44)12-49-17(23(37,38)39)53-18(50-12)24(40,41)42/h1H3/b7-4-,8-5+,9-6?. The van der Waals surface area contributed by atoms with Crippen molar-refractivity contribution in [1.82, 2.24) is 44.9 Å². The van der Waals surface area contributed by atoms with E-state index < -0.39 is 123 Å². The van der Waals surface area contributed by atoms with Crippen molar-refractivity contribution in [2.24, 2.45) is 0 Å². The number of allylic oxidation sites excluding steroid dienone is 6. The monoisotopic (exact) mass is 787 g/mol. The van der Waals surface area contributed by atoms with Crippen LogP contribution in [0.15, 0.2) is 16.7 Å². The molecule has 1 saturated carbocycles. The molecule has 3 heterocycles. The number of nitriles is 2. The van der Waals surface area contributed by atoms with E-state index in [1.165, 1.54) is 0 Å². The summed E-state index contributed by atoms with van der Waals surface area (Å²) in [6.07, 6.45) is -35.0. The van der Waals surface area contributed by atoms with Crippen LogP contribution < -0.4 is 0 Å². The van der Waals surface area contributed by atoms with E-state index in [1.807, 2.05) is 0 Å². The maximum atomic E-state index is 13.5. The lowest BCUT2D eigenvalue weighted by Gasteiger charge is -2.11. The molecule has 1 aliphatic carbocycles. The smallest absolute Gasteiger partial charge is 0.204 e. The van der Waals surface area contributed by atoms with Gasteiger partial charge in [-0.25, -0.2) is 44.9 Å². The zero-order valence-electron chi connectivity index (χ0n) is 24.2. The second-order valence-electron chi connectivity index (χ2n) is 9.63. The molecule has 0 saturated heterocycles. The maximum absolute atomic E-state index is 13.5. The molecule has 0 bridgehead atoms. The highest BCUT2D eigenvalue weighted by atomic mass is 19.4. The molecule has 0 radical (unpaired) electrons. The molecule has 0 amide bonds. The molecule has 3 aromatic heterocycles. The summed E-state index contributed by atoms with van der Waals surface area (Å²) in [7, 11) is 0. The van der Waals surface area contributed by atoms with E-state index in [0.29, 0.717) is 6.92 Å². The van der Waals surface area contributed by atoms with E-state index in [0.717, 1.165) is 12.1 Å². The summed E-state index contributed by atoms with van der Waals surface area (Å²) < 4.78 is 242. The maximum Gasteiger partial charge on any atom is 0.451 e. The van der Waals surface area contributed by atoms with Crippen molar-refractivity contribution >= 4 is 16.7 Å². The van der Waals surface area contributed by atoms with E-state index >= 15 is 0 Å².